The number of hydrogen-bond donors (Lipinski definition) is 2. The van der Waals surface area contributed by atoms with Gasteiger partial charge in [0.05, 0.1) is 0 Å². The minimum Gasteiger partial charge on any atom is -0.368 e. The summed E-state index contributed by atoms with van der Waals surface area (Å²) in [6.45, 7) is 3.38. The number of carbonyl (C=O) groups excluding carboxylic acids is 1. The van der Waals surface area contributed by atoms with E-state index in [4.69, 9.17) is 5.73 Å². The SMILES string of the molecule is Nc1nccc(N2CCC(CNC(=O)CCCn3cccn3)CC2)n1. The highest BCUT2D eigenvalue weighted by molar-refractivity contribution is 5.75. The second-order valence-corrected chi connectivity index (χ2v) is 6.38. The predicted octanol–water partition coefficient (Wildman–Crippen LogP) is 1.07. The van der Waals surface area contributed by atoms with Gasteiger partial charge in [-0.3, -0.25) is 9.48 Å². The molecular weight excluding hydrogens is 318 g/mol. The van der Waals surface area contributed by atoms with Crippen LogP contribution in [0.25, 0.3) is 0 Å². The van der Waals surface area contributed by atoms with Crippen LogP contribution in [0, 0.1) is 5.92 Å². The molecule has 0 saturated carbocycles. The lowest BCUT2D eigenvalue weighted by atomic mass is 9.96. The molecule has 0 aliphatic carbocycles. The Bertz CT molecular complexity index is 665. The van der Waals surface area contributed by atoms with Crippen molar-refractivity contribution in [3.05, 3.63) is 30.7 Å². The van der Waals surface area contributed by atoms with Gasteiger partial charge < -0.3 is 16.0 Å². The number of nitrogens with zero attached hydrogens (tertiary/aromatic N) is 5. The van der Waals surface area contributed by atoms with Crippen LogP contribution < -0.4 is 16.0 Å². The maximum absolute atomic E-state index is 12.0. The standard InChI is InChI=1S/C17H25N7O/c18-17-19-8-4-15(22-17)23-11-5-14(6-12-23)13-20-16(25)3-1-9-24-10-2-7-21-24/h2,4,7-8,10,14H,1,3,5-6,9,11-13H2,(H,20,25)(H2,18,19,22). The van der Waals surface area contributed by atoms with Gasteiger partial charge in [0.25, 0.3) is 0 Å². The summed E-state index contributed by atoms with van der Waals surface area (Å²) in [5, 5.41) is 7.20. The van der Waals surface area contributed by atoms with Crippen molar-refractivity contribution in [3.63, 3.8) is 0 Å². The quantitative estimate of drug-likeness (QED) is 0.780. The smallest absolute Gasteiger partial charge is 0.221 e. The number of amides is 1. The van der Waals surface area contributed by atoms with E-state index in [9.17, 15) is 4.79 Å². The molecule has 0 unspecified atom stereocenters. The van der Waals surface area contributed by atoms with E-state index in [1.54, 1.807) is 12.4 Å². The Morgan fingerprint density at radius 3 is 2.88 bits per heavy atom. The maximum atomic E-state index is 12.0. The Morgan fingerprint density at radius 1 is 1.32 bits per heavy atom. The molecule has 3 heterocycles. The van der Waals surface area contributed by atoms with Gasteiger partial charge in [-0.15, -0.1) is 0 Å². The molecule has 1 aliphatic rings. The number of carbonyl (C=O) groups is 1. The van der Waals surface area contributed by atoms with E-state index in [0.717, 1.165) is 51.3 Å². The van der Waals surface area contributed by atoms with Crippen LogP contribution in [0.5, 0.6) is 0 Å². The normalized spacial score (nSPS) is 15.3. The first-order valence-corrected chi connectivity index (χ1v) is 8.78. The molecule has 2 aromatic rings. The molecule has 0 aromatic carbocycles. The average Bonchev–Trinajstić information content (AvgIpc) is 3.14. The van der Waals surface area contributed by atoms with Crippen LogP contribution in [0.3, 0.4) is 0 Å². The van der Waals surface area contributed by atoms with Crippen molar-refractivity contribution >= 4 is 17.7 Å². The minimum absolute atomic E-state index is 0.123. The zero-order chi connectivity index (χ0) is 17.5. The molecule has 0 radical (unpaired) electrons. The van der Waals surface area contributed by atoms with Crippen LogP contribution in [0.2, 0.25) is 0 Å². The van der Waals surface area contributed by atoms with Gasteiger partial charge in [-0.25, -0.2) is 4.98 Å². The topological polar surface area (TPSA) is 102 Å². The molecule has 1 amide bonds. The summed E-state index contributed by atoms with van der Waals surface area (Å²) in [7, 11) is 0. The lowest BCUT2D eigenvalue weighted by Gasteiger charge is -2.32. The zero-order valence-corrected chi connectivity index (χ0v) is 14.3. The lowest BCUT2D eigenvalue weighted by molar-refractivity contribution is -0.121. The van der Waals surface area contributed by atoms with E-state index < -0.39 is 0 Å². The molecule has 1 fully saturated rings. The first-order chi connectivity index (χ1) is 12.2. The monoisotopic (exact) mass is 343 g/mol. The summed E-state index contributed by atoms with van der Waals surface area (Å²) >= 11 is 0. The molecule has 25 heavy (non-hydrogen) atoms. The van der Waals surface area contributed by atoms with Gasteiger partial charge in [0.15, 0.2) is 0 Å². The molecule has 1 saturated heterocycles. The van der Waals surface area contributed by atoms with Crippen LogP contribution in [-0.4, -0.2) is 45.3 Å². The van der Waals surface area contributed by atoms with Gasteiger partial charge in [0, 0.05) is 51.2 Å². The van der Waals surface area contributed by atoms with Crippen LogP contribution in [0.15, 0.2) is 30.7 Å². The fraction of sp³-hybridized carbons (Fsp3) is 0.529. The number of hydrogen-bond acceptors (Lipinski definition) is 6. The van der Waals surface area contributed by atoms with E-state index in [0.29, 0.717) is 18.3 Å². The van der Waals surface area contributed by atoms with E-state index in [1.165, 1.54) is 0 Å². The first kappa shape index (κ1) is 17.2. The zero-order valence-electron chi connectivity index (χ0n) is 14.3. The summed E-state index contributed by atoms with van der Waals surface area (Å²) in [5.74, 6) is 1.83. The summed E-state index contributed by atoms with van der Waals surface area (Å²) < 4.78 is 1.85. The third-order valence-electron chi connectivity index (χ3n) is 4.54. The molecule has 8 heteroatoms. The van der Waals surface area contributed by atoms with Crippen LogP contribution in [-0.2, 0) is 11.3 Å². The Balaban J connectivity index is 1.33. The fourth-order valence-electron chi connectivity index (χ4n) is 3.09. The molecule has 0 atom stereocenters. The summed E-state index contributed by atoms with van der Waals surface area (Å²) in [5.41, 5.74) is 5.64. The van der Waals surface area contributed by atoms with E-state index in [2.05, 4.69) is 25.3 Å². The number of anilines is 2. The summed E-state index contributed by atoms with van der Waals surface area (Å²) in [4.78, 5) is 22.4. The number of rotatable bonds is 7. The van der Waals surface area contributed by atoms with E-state index in [1.807, 2.05) is 23.0 Å². The van der Waals surface area contributed by atoms with Crippen LogP contribution in [0.4, 0.5) is 11.8 Å². The molecular formula is C17H25N7O. The number of nitrogen functional groups attached to an aromatic ring is 1. The highest BCUT2D eigenvalue weighted by atomic mass is 16.1. The van der Waals surface area contributed by atoms with Crippen LogP contribution >= 0.6 is 0 Å². The summed E-state index contributed by atoms with van der Waals surface area (Å²) in [6, 6.07) is 3.78. The van der Waals surface area contributed by atoms with E-state index in [-0.39, 0.29) is 5.91 Å². The maximum Gasteiger partial charge on any atom is 0.221 e. The van der Waals surface area contributed by atoms with Gasteiger partial charge in [-0.2, -0.15) is 10.1 Å². The molecule has 0 bridgehead atoms. The molecule has 8 nitrogen and oxygen atoms in total. The Hall–Kier alpha value is -2.64. The molecule has 134 valence electrons. The van der Waals surface area contributed by atoms with Gasteiger partial charge in [0.2, 0.25) is 11.9 Å². The Labute approximate surface area is 147 Å². The fourth-order valence-corrected chi connectivity index (χ4v) is 3.09. The number of nitrogens with one attached hydrogen (secondary N) is 1. The van der Waals surface area contributed by atoms with Gasteiger partial charge in [0.1, 0.15) is 5.82 Å². The third kappa shape index (κ3) is 5.17. The van der Waals surface area contributed by atoms with Crippen molar-refractivity contribution in [1.29, 1.82) is 0 Å². The minimum atomic E-state index is 0.123. The lowest BCUT2D eigenvalue weighted by Crippen LogP contribution is -2.39. The number of piperidine rings is 1. The van der Waals surface area contributed by atoms with Crippen molar-refractivity contribution in [2.24, 2.45) is 5.92 Å². The molecule has 3 rings (SSSR count). The molecule has 3 N–H and O–H groups in total. The van der Waals surface area contributed by atoms with Crippen molar-refractivity contribution in [2.75, 3.05) is 30.3 Å². The number of aryl methyl sites for hydroxylation is 1. The van der Waals surface area contributed by atoms with Gasteiger partial charge in [-0.1, -0.05) is 0 Å². The van der Waals surface area contributed by atoms with Gasteiger partial charge >= 0.3 is 0 Å². The first-order valence-electron chi connectivity index (χ1n) is 8.78. The Morgan fingerprint density at radius 2 is 2.16 bits per heavy atom. The van der Waals surface area contributed by atoms with E-state index >= 15 is 0 Å². The summed E-state index contributed by atoms with van der Waals surface area (Å²) in [6.07, 6.45) is 8.78. The second kappa shape index (κ2) is 8.46. The number of nitrogens with two attached hydrogens (primary N) is 1. The largest absolute Gasteiger partial charge is 0.368 e. The molecule has 2 aromatic heterocycles. The van der Waals surface area contributed by atoms with Crippen molar-refractivity contribution in [2.45, 2.75) is 32.2 Å². The van der Waals surface area contributed by atoms with Gasteiger partial charge in [-0.05, 0) is 37.3 Å². The highest BCUT2D eigenvalue weighted by Crippen LogP contribution is 2.21. The molecule has 0 spiro atoms. The highest BCUT2D eigenvalue weighted by Gasteiger charge is 2.20. The predicted molar refractivity (Wildman–Crippen MR) is 95.9 cm³/mol. The van der Waals surface area contributed by atoms with Crippen LogP contribution in [0.1, 0.15) is 25.7 Å². The average molecular weight is 343 g/mol. The van der Waals surface area contributed by atoms with Crippen molar-refractivity contribution in [1.82, 2.24) is 25.1 Å². The third-order valence-corrected chi connectivity index (χ3v) is 4.54. The Kier molecular flexibility index (Phi) is 5.81. The van der Waals surface area contributed by atoms with Crippen molar-refractivity contribution in [3.8, 4) is 0 Å². The number of aromatic nitrogens is 4. The molecule has 1 aliphatic heterocycles. The van der Waals surface area contributed by atoms with Crippen molar-refractivity contribution < 1.29 is 4.79 Å². The second-order valence-electron chi connectivity index (χ2n) is 6.38.